The minimum Gasteiger partial charge on any atom is -0.303 e. The van der Waals surface area contributed by atoms with Crippen LogP contribution in [0.25, 0.3) is 0 Å². The van der Waals surface area contributed by atoms with E-state index in [4.69, 9.17) is 0 Å². The molecule has 1 aromatic carbocycles. The topological polar surface area (TPSA) is 66.5 Å². The number of nitrogens with zero attached hydrogens (tertiary/aromatic N) is 3. The summed E-state index contributed by atoms with van der Waals surface area (Å²) in [7, 11) is 0. The van der Waals surface area contributed by atoms with Gasteiger partial charge in [-0.1, -0.05) is 42.8 Å². The fourth-order valence-electron chi connectivity index (χ4n) is 3.71. The van der Waals surface area contributed by atoms with Crippen molar-refractivity contribution in [1.82, 2.24) is 25.5 Å². The normalized spacial score (nSPS) is 17.0. The zero-order valence-electron chi connectivity index (χ0n) is 14.2. The maximum absolute atomic E-state index is 4.36. The van der Waals surface area contributed by atoms with Crippen molar-refractivity contribution in [2.24, 2.45) is 5.41 Å². The predicted molar refractivity (Wildman–Crippen MR) is 96.9 cm³/mol. The van der Waals surface area contributed by atoms with Crippen LogP contribution in [0.1, 0.15) is 42.3 Å². The SMILES string of the molecule is c1ccc(CC2(CN[C@@H](c3cccnc3)c3ncn[nH]3)CCC2)cc1. The van der Waals surface area contributed by atoms with Gasteiger partial charge < -0.3 is 5.32 Å². The van der Waals surface area contributed by atoms with Crippen molar-refractivity contribution in [2.75, 3.05) is 6.54 Å². The number of nitrogens with one attached hydrogen (secondary N) is 2. The van der Waals surface area contributed by atoms with Gasteiger partial charge in [-0.2, -0.15) is 5.10 Å². The highest BCUT2D eigenvalue weighted by atomic mass is 15.2. The molecule has 1 fully saturated rings. The first-order valence-electron chi connectivity index (χ1n) is 8.87. The standard InChI is InChI=1S/C20H23N5/c1-2-6-16(7-3-1)12-20(9-5-10-20)14-22-18(19-23-15-24-25-19)17-8-4-11-21-13-17/h1-4,6-8,11,13,15,18,22H,5,9-10,12,14H2,(H,23,24,25)/t18-/m0/s1. The lowest BCUT2D eigenvalue weighted by molar-refractivity contribution is 0.126. The molecule has 0 saturated heterocycles. The highest BCUT2D eigenvalue weighted by molar-refractivity contribution is 5.22. The summed E-state index contributed by atoms with van der Waals surface area (Å²) in [5.41, 5.74) is 2.86. The lowest BCUT2D eigenvalue weighted by atomic mass is 9.65. The fourth-order valence-corrected chi connectivity index (χ4v) is 3.71. The molecule has 2 N–H and O–H groups in total. The molecule has 2 heterocycles. The van der Waals surface area contributed by atoms with E-state index in [0.717, 1.165) is 24.4 Å². The Hall–Kier alpha value is -2.53. The Labute approximate surface area is 147 Å². The second kappa shape index (κ2) is 7.15. The van der Waals surface area contributed by atoms with Gasteiger partial charge in [0.25, 0.3) is 0 Å². The first-order chi connectivity index (χ1) is 12.3. The highest BCUT2D eigenvalue weighted by Gasteiger charge is 2.37. The molecule has 5 nitrogen and oxygen atoms in total. The Kier molecular flexibility index (Phi) is 4.57. The lowest BCUT2D eigenvalue weighted by Crippen LogP contribution is -2.43. The van der Waals surface area contributed by atoms with Crippen LogP contribution in [-0.4, -0.2) is 26.7 Å². The summed E-state index contributed by atoms with van der Waals surface area (Å²) >= 11 is 0. The van der Waals surface area contributed by atoms with Gasteiger partial charge >= 0.3 is 0 Å². The fraction of sp³-hybridized carbons (Fsp3) is 0.350. The van der Waals surface area contributed by atoms with E-state index in [9.17, 15) is 0 Å². The van der Waals surface area contributed by atoms with E-state index in [1.807, 2.05) is 12.3 Å². The molecule has 0 spiro atoms. The predicted octanol–water partition coefficient (Wildman–Crippen LogP) is 3.29. The van der Waals surface area contributed by atoms with E-state index < -0.39 is 0 Å². The zero-order valence-corrected chi connectivity index (χ0v) is 14.2. The molecule has 0 unspecified atom stereocenters. The molecule has 0 radical (unpaired) electrons. The highest BCUT2D eigenvalue weighted by Crippen LogP contribution is 2.43. The van der Waals surface area contributed by atoms with E-state index in [1.54, 1.807) is 12.5 Å². The van der Waals surface area contributed by atoms with Crippen molar-refractivity contribution >= 4 is 0 Å². The number of pyridine rings is 1. The van der Waals surface area contributed by atoms with Crippen LogP contribution in [-0.2, 0) is 6.42 Å². The van der Waals surface area contributed by atoms with E-state index in [-0.39, 0.29) is 6.04 Å². The molecule has 3 aromatic rings. The first kappa shape index (κ1) is 16.0. The van der Waals surface area contributed by atoms with Crippen LogP contribution in [0.5, 0.6) is 0 Å². The smallest absolute Gasteiger partial charge is 0.146 e. The molecule has 1 aliphatic carbocycles. The van der Waals surface area contributed by atoms with Gasteiger partial charge in [0.1, 0.15) is 12.2 Å². The van der Waals surface area contributed by atoms with Crippen molar-refractivity contribution in [3.05, 3.63) is 78.1 Å². The Morgan fingerprint density at radius 1 is 1.12 bits per heavy atom. The second-order valence-electron chi connectivity index (χ2n) is 6.99. The maximum Gasteiger partial charge on any atom is 0.146 e. The molecule has 1 saturated carbocycles. The van der Waals surface area contributed by atoms with Crippen LogP contribution in [0.2, 0.25) is 0 Å². The number of aromatic nitrogens is 4. The quantitative estimate of drug-likeness (QED) is 0.696. The monoisotopic (exact) mass is 333 g/mol. The van der Waals surface area contributed by atoms with E-state index in [0.29, 0.717) is 5.41 Å². The van der Waals surface area contributed by atoms with Crippen molar-refractivity contribution in [3.8, 4) is 0 Å². The van der Waals surface area contributed by atoms with Crippen LogP contribution < -0.4 is 5.32 Å². The van der Waals surface area contributed by atoms with Crippen LogP contribution in [0.3, 0.4) is 0 Å². The minimum atomic E-state index is -0.00977. The second-order valence-corrected chi connectivity index (χ2v) is 6.99. The third-order valence-corrected chi connectivity index (χ3v) is 5.24. The van der Waals surface area contributed by atoms with Gasteiger partial charge in [0.2, 0.25) is 0 Å². The number of rotatable bonds is 7. The number of benzene rings is 1. The minimum absolute atomic E-state index is 0.00977. The number of aromatic amines is 1. The average molecular weight is 333 g/mol. The summed E-state index contributed by atoms with van der Waals surface area (Å²) in [4.78, 5) is 8.62. The van der Waals surface area contributed by atoms with Gasteiger partial charge in [0, 0.05) is 18.9 Å². The molecule has 2 aromatic heterocycles. The first-order valence-corrected chi connectivity index (χ1v) is 8.87. The van der Waals surface area contributed by atoms with Gasteiger partial charge in [-0.3, -0.25) is 10.1 Å². The van der Waals surface area contributed by atoms with Crippen molar-refractivity contribution in [1.29, 1.82) is 0 Å². The van der Waals surface area contributed by atoms with Crippen LogP contribution >= 0.6 is 0 Å². The van der Waals surface area contributed by atoms with E-state index in [1.165, 1.54) is 24.8 Å². The van der Waals surface area contributed by atoms with Crippen molar-refractivity contribution < 1.29 is 0 Å². The molecule has 0 bridgehead atoms. The van der Waals surface area contributed by atoms with Crippen molar-refractivity contribution in [2.45, 2.75) is 31.7 Å². The molecule has 0 amide bonds. The number of hydrogen-bond acceptors (Lipinski definition) is 4. The molecule has 4 rings (SSSR count). The summed E-state index contributed by atoms with van der Waals surface area (Å²) in [6.07, 6.45) is 10.2. The van der Waals surface area contributed by atoms with Gasteiger partial charge in [-0.05, 0) is 41.9 Å². The zero-order chi connectivity index (χ0) is 17.0. The molecule has 1 aliphatic rings. The molecule has 5 heteroatoms. The van der Waals surface area contributed by atoms with E-state index >= 15 is 0 Å². The number of H-pyrrole nitrogens is 1. The maximum atomic E-state index is 4.36. The lowest BCUT2D eigenvalue weighted by Gasteiger charge is -2.43. The van der Waals surface area contributed by atoms with Gasteiger partial charge in [-0.25, -0.2) is 4.98 Å². The molecular weight excluding hydrogens is 310 g/mol. The summed E-state index contributed by atoms with van der Waals surface area (Å²) in [5.74, 6) is 0.835. The van der Waals surface area contributed by atoms with Crippen LogP contribution in [0, 0.1) is 5.41 Å². The summed E-state index contributed by atoms with van der Waals surface area (Å²) in [6.45, 7) is 0.960. The Balaban J connectivity index is 1.50. The molecule has 128 valence electrons. The average Bonchev–Trinajstić information content (AvgIpc) is 3.16. The molecule has 1 atom stereocenters. The Morgan fingerprint density at radius 2 is 2.00 bits per heavy atom. The number of hydrogen-bond donors (Lipinski definition) is 2. The van der Waals surface area contributed by atoms with Crippen molar-refractivity contribution in [3.63, 3.8) is 0 Å². The van der Waals surface area contributed by atoms with Gasteiger partial charge in [0.15, 0.2) is 0 Å². The van der Waals surface area contributed by atoms with Gasteiger partial charge in [-0.15, -0.1) is 0 Å². The largest absolute Gasteiger partial charge is 0.303 e. The van der Waals surface area contributed by atoms with Gasteiger partial charge in [0.05, 0.1) is 6.04 Å². The summed E-state index contributed by atoms with van der Waals surface area (Å²) in [5, 5.41) is 10.8. The molecule has 0 aliphatic heterocycles. The molecular formula is C20H23N5. The van der Waals surface area contributed by atoms with E-state index in [2.05, 4.69) is 61.9 Å². The third-order valence-electron chi connectivity index (χ3n) is 5.24. The summed E-state index contributed by atoms with van der Waals surface area (Å²) < 4.78 is 0. The molecule has 25 heavy (non-hydrogen) atoms. The third kappa shape index (κ3) is 3.61. The van der Waals surface area contributed by atoms with Crippen LogP contribution in [0.15, 0.2) is 61.2 Å². The van der Waals surface area contributed by atoms with Crippen LogP contribution in [0.4, 0.5) is 0 Å². The summed E-state index contributed by atoms with van der Waals surface area (Å²) in [6, 6.07) is 14.8. The Bertz CT molecular complexity index is 766. The Morgan fingerprint density at radius 3 is 2.64 bits per heavy atom.